The quantitative estimate of drug-likeness (QED) is 0.716. The van der Waals surface area contributed by atoms with Crippen molar-refractivity contribution < 1.29 is 23.4 Å². The summed E-state index contributed by atoms with van der Waals surface area (Å²) in [4.78, 5) is 0. The topological polar surface area (TPSA) is 52.5 Å². The Morgan fingerprint density at radius 2 is 2.00 bits per heavy atom. The van der Waals surface area contributed by atoms with Gasteiger partial charge in [-0.25, -0.2) is 0 Å². The number of nitrogens with one attached hydrogen (secondary N) is 1. The number of phenolic OH excluding ortho intramolecular Hbond substituents is 2. The molecule has 1 heterocycles. The highest BCUT2D eigenvalue weighted by atomic mass is 19.4. The third-order valence-electron chi connectivity index (χ3n) is 3.15. The van der Waals surface area contributed by atoms with Crippen molar-refractivity contribution in [3.8, 4) is 11.5 Å². The zero-order valence-electron chi connectivity index (χ0n) is 9.59. The van der Waals surface area contributed by atoms with E-state index in [0.29, 0.717) is 12.5 Å². The van der Waals surface area contributed by atoms with Gasteiger partial charge in [0.15, 0.2) is 0 Å². The molecule has 1 unspecified atom stereocenters. The molecule has 0 aliphatic carbocycles. The van der Waals surface area contributed by atoms with Gasteiger partial charge >= 0.3 is 6.18 Å². The zero-order valence-corrected chi connectivity index (χ0v) is 9.59. The second-order valence-electron chi connectivity index (χ2n) is 4.56. The number of rotatable bonds is 2. The Bertz CT molecular complexity index is 440. The van der Waals surface area contributed by atoms with Crippen LogP contribution in [0.25, 0.3) is 0 Å². The average Bonchev–Trinajstić information content (AvgIpc) is 2.74. The highest BCUT2D eigenvalue weighted by Crippen LogP contribution is 2.40. The van der Waals surface area contributed by atoms with E-state index in [1.54, 1.807) is 0 Å². The van der Waals surface area contributed by atoms with Gasteiger partial charge in [-0.1, -0.05) is 0 Å². The van der Waals surface area contributed by atoms with Crippen molar-refractivity contribution in [2.24, 2.45) is 5.92 Å². The normalized spacial score (nSPS) is 20.3. The van der Waals surface area contributed by atoms with E-state index >= 15 is 0 Å². The lowest BCUT2D eigenvalue weighted by Gasteiger charge is -2.15. The van der Waals surface area contributed by atoms with Gasteiger partial charge in [-0.05, 0) is 49.5 Å². The molecule has 0 amide bonds. The first-order valence-corrected chi connectivity index (χ1v) is 5.70. The van der Waals surface area contributed by atoms with Crippen LogP contribution in [0.5, 0.6) is 11.5 Å². The van der Waals surface area contributed by atoms with Crippen molar-refractivity contribution in [3.05, 3.63) is 23.3 Å². The molecule has 1 aliphatic rings. The number of hydrogen-bond acceptors (Lipinski definition) is 3. The molecule has 0 saturated carbocycles. The first kappa shape index (κ1) is 13.0. The maximum absolute atomic E-state index is 12.6. The third kappa shape index (κ3) is 2.69. The van der Waals surface area contributed by atoms with Gasteiger partial charge in [-0.2, -0.15) is 13.2 Å². The number of benzene rings is 1. The molecule has 0 bridgehead atoms. The third-order valence-corrected chi connectivity index (χ3v) is 3.15. The van der Waals surface area contributed by atoms with Crippen LogP contribution in [0.4, 0.5) is 13.2 Å². The Morgan fingerprint density at radius 1 is 1.28 bits per heavy atom. The number of halogens is 3. The molecular formula is C12H14F3NO2. The van der Waals surface area contributed by atoms with E-state index in [9.17, 15) is 23.4 Å². The van der Waals surface area contributed by atoms with Crippen LogP contribution in [0.3, 0.4) is 0 Å². The SMILES string of the molecule is Oc1cc(CC2CCNC2)c(O)c(C(F)(F)F)c1. The van der Waals surface area contributed by atoms with Gasteiger partial charge in [-0.3, -0.25) is 0 Å². The molecule has 1 aromatic rings. The van der Waals surface area contributed by atoms with Crippen molar-refractivity contribution >= 4 is 0 Å². The predicted octanol–water partition coefficient (Wildman–Crippen LogP) is 2.27. The van der Waals surface area contributed by atoms with Gasteiger partial charge in [0.25, 0.3) is 0 Å². The summed E-state index contributed by atoms with van der Waals surface area (Å²) in [7, 11) is 0. The molecule has 1 fully saturated rings. The van der Waals surface area contributed by atoms with Gasteiger partial charge in [-0.15, -0.1) is 0 Å². The molecule has 1 saturated heterocycles. The van der Waals surface area contributed by atoms with E-state index in [1.807, 2.05) is 0 Å². The minimum absolute atomic E-state index is 0.149. The molecule has 1 atom stereocenters. The Morgan fingerprint density at radius 3 is 2.56 bits per heavy atom. The van der Waals surface area contributed by atoms with Crippen LogP contribution in [0, 0.1) is 5.92 Å². The first-order valence-electron chi connectivity index (χ1n) is 5.70. The van der Waals surface area contributed by atoms with Gasteiger partial charge < -0.3 is 15.5 Å². The summed E-state index contributed by atoms with van der Waals surface area (Å²) in [6.07, 6.45) is -3.47. The van der Waals surface area contributed by atoms with Crippen molar-refractivity contribution in [3.63, 3.8) is 0 Å². The van der Waals surface area contributed by atoms with E-state index in [2.05, 4.69) is 5.32 Å². The Kier molecular flexibility index (Phi) is 3.38. The molecule has 1 aliphatic heterocycles. The fourth-order valence-corrected chi connectivity index (χ4v) is 2.25. The molecule has 3 N–H and O–H groups in total. The molecule has 100 valence electrons. The predicted molar refractivity (Wildman–Crippen MR) is 59.5 cm³/mol. The van der Waals surface area contributed by atoms with Crippen LogP contribution in [-0.4, -0.2) is 23.3 Å². The summed E-state index contributed by atoms with van der Waals surface area (Å²) in [6, 6.07) is 1.74. The molecular weight excluding hydrogens is 247 g/mol. The Hall–Kier alpha value is -1.43. The number of aromatic hydroxyl groups is 2. The molecule has 18 heavy (non-hydrogen) atoms. The summed E-state index contributed by atoms with van der Waals surface area (Å²) >= 11 is 0. The molecule has 6 heteroatoms. The van der Waals surface area contributed by atoms with E-state index in [-0.39, 0.29) is 11.5 Å². The minimum atomic E-state index is -4.66. The lowest BCUT2D eigenvalue weighted by Crippen LogP contribution is -2.12. The molecule has 0 spiro atoms. The fraction of sp³-hybridized carbons (Fsp3) is 0.500. The highest BCUT2D eigenvalue weighted by molar-refractivity contribution is 5.47. The van der Waals surface area contributed by atoms with Gasteiger partial charge in [0.1, 0.15) is 17.1 Å². The monoisotopic (exact) mass is 261 g/mol. The van der Waals surface area contributed by atoms with Crippen molar-refractivity contribution in [1.82, 2.24) is 5.32 Å². The van der Waals surface area contributed by atoms with Gasteiger partial charge in [0.2, 0.25) is 0 Å². The number of phenols is 2. The van der Waals surface area contributed by atoms with Crippen LogP contribution in [-0.2, 0) is 12.6 Å². The Labute approximate surface area is 102 Å². The van der Waals surface area contributed by atoms with Crippen molar-refractivity contribution in [2.75, 3.05) is 13.1 Å². The summed E-state index contributed by atoms with van der Waals surface area (Å²) in [5, 5.41) is 22.1. The van der Waals surface area contributed by atoms with Crippen molar-refractivity contribution in [2.45, 2.75) is 19.0 Å². The van der Waals surface area contributed by atoms with Crippen LogP contribution >= 0.6 is 0 Å². The first-order chi connectivity index (χ1) is 8.38. The highest BCUT2D eigenvalue weighted by Gasteiger charge is 2.35. The molecule has 1 aromatic carbocycles. The smallest absolute Gasteiger partial charge is 0.420 e. The zero-order chi connectivity index (χ0) is 13.3. The maximum atomic E-state index is 12.6. The minimum Gasteiger partial charge on any atom is -0.508 e. The van der Waals surface area contributed by atoms with E-state index < -0.39 is 23.2 Å². The van der Waals surface area contributed by atoms with Crippen LogP contribution in [0.15, 0.2) is 12.1 Å². The molecule has 0 radical (unpaired) electrons. The van der Waals surface area contributed by atoms with Crippen LogP contribution in [0.2, 0.25) is 0 Å². The summed E-state index contributed by atoms with van der Waals surface area (Å²) in [5.41, 5.74) is -1.03. The Balaban J connectivity index is 2.32. The van der Waals surface area contributed by atoms with E-state index in [1.165, 1.54) is 6.07 Å². The summed E-state index contributed by atoms with van der Waals surface area (Å²) in [6.45, 7) is 1.55. The van der Waals surface area contributed by atoms with Gasteiger partial charge in [0.05, 0.1) is 0 Å². The fourth-order valence-electron chi connectivity index (χ4n) is 2.25. The number of hydrogen-bond donors (Lipinski definition) is 3. The van der Waals surface area contributed by atoms with Crippen LogP contribution in [0.1, 0.15) is 17.5 Å². The lowest BCUT2D eigenvalue weighted by molar-refractivity contribution is -0.138. The standard InChI is InChI=1S/C12H14F3NO2/c13-12(14,15)10-5-9(17)4-8(11(10)18)3-7-1-2-16-6-7/h4-5,7,16-18H,1-3,6H2. The second kappa shape index (κ2) is 4.68. The number of alkyl halides is 3. The molecule has 3 nitrogen and oxygen atoms in total. The lowest BCUT2D eigenvalue weighted by atomic mass is 9.96. The van der Waals surface area contributed by atoms with E-state index in [0.717, 1.165) is 19.5 Å². The van der Waals surface area contributed by atoms with Crippen molar-refractivity contribution in [1.29, 1.82) is 0 Å². The molecule has 0 aromatic heterocycles. The van der Waals surface area contributed by atoms with Gasteiger partial charge in [0, 0.05) is 0 Å². The van der Waals surface area contributed by atoms with Crippen LogP contribution < -0.4 is 5.32 Å². The maximum Gasteiger partial charge on any atom is 0.420 e. The summed E-state index contributed by atoms with van der Waals surface area (Å²) in [5.74, 6) is -1.05. The van der Waals surface area contributed by atoms with E-state index in [4.69, 9.17) is 0 Å². The second-order valence-corrected chi connectivity index (χ2v) is 4.56. The summed E-state index contributed by atoms with van der Waals surface area (Å²) < 4.78 is 37.9. The molecule has 2 rings (SSSR count). The largest absolute Gasteiger partial charge is 0.508 e. The average molecular weight is 261 g/mol.